The summed E-state index contributed by atoms with van der Waals surface area (Å²) < 4.78 is 5.28. The van der Waals surface area contributed by atoms with Crippen LogP contribution in [0.1, 0.15) is 28.8 Å². The number of hydrogen-bond donors (Lipinski definition) is 0. The van der Waals surface area contributed by atoms with Gasteiger partial charge < -0.3 is 4.52 Å². The summed E-state index contributed by atoms with van der Waals surface area (Å²) in [7, 11) is 0. The zero-order valence-corrected chi connectivity index (χ0v) is 11.4. The van der Waals surface area contributed by atoms with Crippen LogP contribution in [0.25, 0.3) is 0 Å². The Morgan fingerprint density at radius 1 is 0.900 bits per heavy atom. The maximum Gasteiger partial charge on any atom is 0.227 e. The van der Waals surface area contributed by atoms with E-state index in [2.05, 4.69) is 58.7 Å². The van der Waals surface area contributed by atoms with Gasteiger partial charge in [-0.05, 0) is 18.1 Å². The lowest BCUT2D eigenvalue weighted by atomic mass is 9.88. The minimum absolute atomic E-state index is 0.234. The Hall–Kier alpha value is -2.42. The molecule has 0 unspecified atom stereocenters. The van der Waals surface area contributed by atoms with E-state index < -0.39 is 0 Å². The van der Waals surface area contributed by atoms with Crippen LogP contribution in [-0.2, 0) is 6.42 Å². The van der Waals surface area contributed by atoms with Gasteiger partial charge in [-0.1, -0.05) is 65.8 Å². The topological polar surface area (TPSA) is 38.9 Å². The minimum Gasteiger partial charge on any atom is -0.339 e. The Bertz CT molecular complexity index is 622. The first-order chi connectivity index (χ1) is 9.83. The van der Waals surface area contributed by atoms with Gasteiger partial charge in [-0.15, -0.1) is 0 Å². The molecular weight excluding hydrogens is 248 g/mol. The first kappa shape index (κ1) is 12.6. The van der Waals surface area contributed by atoms with Crippen molar-refractivity contribution in [2.75, 3.05) is 0 Å². The van der Waals surface area contributed by atoms with Gasteiger partial charge >= 0.3 is 0 Å². The molecule has 0 N–H and O–H groups in total. The van der Waals surface area contributed by atoms with Crippen molar-refractivity contribution < 1.29 is 4.52 Å². The Labute approximate surface area is 118 Å². The molecule has 3 nitrogen and oxygen atoms in total. The van der Waals surface area contributed by atoms with Gasteiger partial charge in [0.05, 0.1) is 0 Å². The van der Waals surface area contributed by atoms with E-state index in [1.165, 1.54) is 11.1 Å². The molecule has 1 heterocycles. The number of nitrogens with zero attached hydrogens (tertiary/aromatic N) is 2. The zero-order valence-electron chi connectivity index (χ0n) is 11.4. The second kappa shape index (κ2) is 5.70. The average molecular weight is 264 g/mol. The van der Waals surface area contributed by atoms with E-state index in [4.69, 9.17) is 4.52 Å². The third-order valence-corrected chi connectivity index (χ3v) is 3.35. The summed E-state index contributed by atoms with van der Waals surface area (Å²) in [4.78, 5) is 4.32. The highest BCUT2D eigenvalue weighted by atomic mass is 16.5. The largest absolute Gasteiger partial charge is 0.339 e. The van der Waals surface area contributed by atoms with E-state index >= 15 is 0 Å². The van der Waals surface area contributed by atoms with Crippen molar-refractivity contribution in [1.29, 1.82) is 0 Å². The smallest absolute Gasteiger partial charge is 0.227 e. The summed E-state index contributed by atoms with van der Waals surface area (Å²) in [6.07, 6.45) is 0.717. The van der Waals surface area contributed by atoms with Gasteiger partial charge in [0.25, 0.3) is 0 Å². The van der Waals surface area contributed by atoms with Gasteiger partial charge in [0.15, 0.2) is 5.82 Å². The molecule has 0 aliphatic carbocycles. The Kier molecular flexibility index (Phi) is 3.59. The molecular formula is C17H16N2O. The number of aromatic nitrogens is 2. The molecule has 3 heteroatoms. The lowest BCUT2D eigenvalue weighted by molar-refractivity contribution is 0.370. The molecule has 0 saturated heterocycles. The summed E-state index contributed by atoms with van der Waals surface area (Å²) in [5, 5.41) is 3.87. The number of aryl methyl sites for hydroxylation is 1. The monoisotopic (exact) mass is 264 g/mol. The fourth-order valence-electron chi connectivity index (χ4n) is 2.40. The van der Waals surface area contributed by atoms with E-state index in [1.807, 2.05) is 19.1 Å². The molecule has 0 aliphatic heterocycles. The fraction of sp³-hybridized carbons (Fsp3) is 0.176. The van der Waals surface area contributed by atoms with E-state index in [1.54, 1.807) is 0 Å². The Morgan fingerprint density at radius 2 is 1.45 bits per heavy atom. The quantitative estimate of drug-likeness (QED) is 0.720. The SMILES string of the molecule is Cc1noc(CC(c2ccccc2)c2ccccc2)n1. The highest BCUT2D eigenvalue weighted by molar-refractivity contribution is 5.33. The van der Waals surface area contributed by atoms with Crippen LogP contribution in [0.3, 0.4) is 0 Å². The number of hydrogen-bond acceptors (Lipinski definition) is 3. The molecule has 20 heavy (non-hydrogen) atoms. The molecule has 0 radical (unpaired) electrons. The fourth-order valence-corrected chi connectivity index (χ4v) is 2.40. The number of benzene rings is 2. The third-order valence-electron chi connectivity index (χ3n) is 3.35. The van der Waals surface area contributed by atoms with Gasteiger partial charge in [-0.3, -0.25) is 0 Å². The van der Waals surface area contributed by atoms with Crippen LogP contribution in [-0.4, -0.2) is 10.1 Å². The molecule has 100 valence electrons. The van der Waals surface area contributed by atoms with Gasteiger partial charge in [-0.2, -0.15) is 4.98 Å². The van der Waals surface area contributed by atoms with Crippen molar-refractivity contribution in [2.45, 2.75) is 19.3 Å². The molecule has 2 aromatic carbocycles. The molecule has 0 bridgehead atoms. The van der Waals surface area contributed by atoms with Crippen LogP contribution < -0.4 is 0 Å². The van der Waals surface area contributed by atoms with Crippen molar-refractivity contribution in [3.63, 3.8) is 0 Å². The van der Waals surface area contributed by atoms with E-state index in [-0.39, 0.29) is 5.92 Å². The van der Waals surface area contributed by atoms with Crippen molar-refractivity contribution in [1.82, 2.24) is 10.1 Å². The predicted octanol–water partition coefficient (Wildman–Crippen LogP) is 3.75. The van der Waals surface area contributed by atoms with Gasteiger partial charge in [0, 0.05) is 12.3 Å². The third kappa shape index (κ3) is 2.77. The van der Waals surface area contributed by atoms with Crippen LogP contribution >= 0.6 is 0 Å². The van der Waals surface area contributed by atoms with Crippen molar-refractivity contribution in [3.8, 4) is 0 Å². The summed E-state index contributed by atoms with van der Waals surface area (Å²) >= 11 is 0. The second-order valence-electron chi connectivity index (χ2n) is 4.81. The Morgan fingerprint density at radius 3 is 1.90 bits per heavy atom. The molecule has 0 amide bonds. The summed E-state index contributed by atoms with van der Waals surface area (Å²) in [5.41, 5.74) is 2.52. The maximum absolute atomic E-state index is 5.28. The minimum atomic E-state index is 0.234. The highest BCUT2D eigenvalue weighted by Crippen LogP contribution is 2.27. The van der Waals surface area contributed by atoms with Gasteiger partial charge in [-0.25, -0.2) is 0 Å². The maximum atomic E-state index is 5.28. The van der Waals surface area contributed by atoms with Crippen LogP contribution in [0.2, 0.25) is 0 Å². The second-order valence-corrected chi connectivity index (χ2v) is 4.81. The van der Waals surface area contributed by atoms with Crippen molar-refractivity contribution >= 4 is 0 Å². The van der Waals surface area contributed by atoms with Crippen molar-refractivity contribution in [2.24, 2.45) is 0 Å². The van der Waals surface area contributed by atoms with E-state index in [0.29, 0.717) is 11.7 Å². The standard InChI is InChI=1S/C17H16N2O/c1-13-18-17(20-19-13)12-16(14-8-4-2-5-9-14)15-10-6-3-7-11-15/h2-11,16H,12H2,1H3. The highest BCUT2D eigenvalue weighted by Gasteiger charge is 2.17. The normalized spacial score (nSPS) is 10.9. The molecule has 0 spiro atoms. The first-order valence-electron chi connectivity index (χ1n) is 6.72. The van der Waals surface area contributed by atoms with Crippen LogP contribution in [0.15, 0.2) is 65.2 Å². The molecule has 0 saturated carbocycles. The van der Waals surface area contributed by atoms with E-state index in [9.17, 15) is 0 Å². The lowest BCUT2D eigenvalue weighted by Gasteiger charge is -2.16. The van der Waals surface area contributed by atoms with Crippen LogP contribution in [0.4, 0.5) is 0 Å². The van der Waals surface area contributed by atoms with E-state index in [0.717, 1.165) is 6.42 Å². The molecule has 1 aromatic heterocycles. The molecule has 0 aliphatic rings. The summed E-state index contributed by atoms with van der Waals surface area (Å²) in [6.45, 7) is 1.84. The average Bonchev–Trinajstić information content (AvgIpc) is 2.92. The van der Waals surface area contributed by atoms with Crippen LogP contribution in [0.5, 0.6) is 0 Å². The lowest BCUT2D eigenvalue weighted by Crippen LogP contribution is -2.05. The summed E-state index contributed by atoms with van der Waals surface area (Å²) in [6, 6.07) is 20.9. The summed E-state index contributed by atoms with van der Waals surface area (Å²) in [5.74, 6) is 1.59. The number of rotatable bonds is 4. The first-order valence-corrected chi connectivity index (χ1v) is 6.72. The molecule has 0 fully saturated rings. The van der Waals surface area contributed by atoms with Crippen molar-refractivity contribution in [3.05, 3.63) is 83.5 Å². The molecule has 0 atom stereocenters. The Balaban J connectivity index is 1.96. The van der Waals surface area contributed by atoms with Gasteiger partial charge in [0.2, 0.25) is 5.89 Å². The van der Waals surface area contributed by atoms with Gasteiger partial charge in [0.1, 0.15) is 0 Å². The molecule has 3 aromatic rings. The predicted molar refractivity (Wildman–Crippen MR) is 77.5 cm³/mol. The van der Waals surface area contributed by atoms with Crippen LogP contribution in [0, 0.1) is 6.92 Å². The zero-order chi connectivity index (χ0) is 13.8. The molecule has 3 rings (SSSR count).